The minimum Gasteiger partial charge on any atom is -0.348 e. The third-order valence-electron chi connectivity index (χ3n) is 3.56. The van der Waals surface area contributed by atoms with Crippen LogP contribution in [0.2, 0.25) is 0 Å². The van der Waals surface area contributed by atoms with Crippen molar-refractivity contribution in [2.45, 2.75) is 58.9 Å². The fraction of sp³-hybridized carbons (Fsp3) is 0.556. The lowest BCUT2D eigenvalue weighted by Crippen LogP contribution is -2.39. The quantitative estimate of drug-likeness (QED) is 0.544. The maximum absolute atomic E-state index is 11.7. The number of carbonyl (C=O) groups is 2. The number of carbonyl (C=O) groups excluding carboxylic acids is 2. The first-order valence-electron chi connectivity index (χ1n) is 8.25. The van der Waals surface area contributed by atoms with Crippen molar-refractivity contribution in [3.8, 4) is 0 Å². The Bertz CT molecular complexity index is 472. The molecule has 1 rings (SSSR count). The molecule has 0 aliphatic rings. The number of rotatable bonds is 9. The highest BCUT2D eigenvalue weighted by molar-refractivity contribution is 6.35. The molecule has 0 fully saturated rings. The Hall–Kier alpha value is -1.84. The van der Waals surface area contributed by atoms with Gasteiger partial charge < -0.3 is 10.6 Å². The van der Waals surface area contributed by atoms with Crippen molar-refractivity contribution in [1.82, 2.24) is 10.6 Å². The lowest BCUT2D eigenvalue weighted by molar-refractivity contribution is -0.139. The molecule has 4 nitrogen and oxygen atoms in total. The second-order valence-corrected chi connectivity index (χ2v) is 5.70. The van der Waals surface area contributed by atoms with Crippen molar-refractivity contribution in [3.05, 3.63) is 35.4 Å². The lowest BCUT2D eigenvalue weighted by Gasteiger charge is -2.07. The molecule has 0 aromatic heterocycles. The number of nitrogens with one attached hydrogen (secondary N) is 2. The average Bonchev–Trinajstić information content (AvgIpc) is 2.51. The Morgan fingerprint density at radius 2 is 1.64 bits per heavy atom. The largest absolute Gasteiger partial charge is 0.348 e. The van der Waals surface area contributed by atoms with Crippen molar-refractivity contribution < 1.29 is 9.59 Å². The minimum absolute atomic E-state index is 0.380. The van der Waals surface area contributed by atoms with Crippen LogP contribution >= 0.6 is 0 Å². The number of aryl methyl sites for hydroxylation is 1. The molecule has 0 radical (unpaired) electrons. The lowest BCUT2D eigenvalue weighted by atomic mass is 10.1. The summed E-state index contributed by atoms with van der Waals surface area (Å²) in [6.07, 6.45) is 6.99. The molecule has 0 saturated carbocycles. The van der Waals surface area contributed by atoms with Gasteiger partial charge in [0, 0.05) is 13.1 Å². The van der Waals surface area contributed by atoms with E-state index in [9.17, 15) is 9.59 Å². The predicted octanol–water partition coefficient (Wildman–Crippen LogP) is 3.09. The van der Waals surface area contributed by atoms with Gasteiger partial charge in [-0.3, -0.25) is 9.59 Å². The number of hydrogen-bond acceptors (Lipinski definition) is 2. The third kappa shape index (κ3) is 7.81. The zero-order valence-electron chi connectivity index (χ0n) is 13.8. The molecule has 22 heavy (non-hydrogen) atoms. The summed E-state index contributed by atoms with van der Waals surface area (Å²) >= 11 is 0. The number of hydrogen-bond donors (Lipinski definition) is 2. The summed E-state index contributed by atoms with van der Waals surface area (Å²) in [6.45, 7) is 5.14. The normalized spacial score (nSPS) is 10.3. The van der Waals surface area contributed by atoms with Crippen LogP contribution in [0.5, 0.6) is 0 Å². The summed E-state index contributed by atoms with van der Waals surface area (Å²) in [7, 11) is 0. The van der Waals surface area contributed by atoms with E-state index in [4.69, 9.17) is 0 Å². The predicted molar refractivity (Wildman–Crippen MR) is 89.4 cm³/mol. The van der Waals surface area contributed by atoms with Gasteiger partial charge in [-0.2, -0.15) is 0 Å². The molecule has 0 bridgehead atoms. The van der Waals surface area contributed by atoms with Crippen molar-refractivity contribution in [3.63, 3.8) is 0 Å². The Balaban J connectivity index is 2.13. The second-order valence-electron chi connectivity index (χ2n) is 5.70. The first-order valence-corrected chi connectivity index (χ1v) is 8.25. The highest BCUT2D eigenvalue weighted by Crippen LogP contribution is 2.04. The topological polar surface area (TPSA) is 58.2 Å². The van der Waals surface area contributed by atoms with E-state index in [-0.39, 0.29) is 0 Å². The fourth-order valence-electron chi connectivity index (χ4n) is 2.27. The zero-order valence-corrected chi connectivity index (χ0v) is 13.8. The Labute approximate surface area is 133 Å². The van der Waals surface area contributed by atoms with Crippen LogP contribution in [0.1, 0.15) is 56.6 Å². The van der Waals surface area contributed by atoms with E-state index in [1.165, 1.54) is 25.7 Å². The van der Waals surface area contributed by atoms with Gasteiger partial charge in [0.25, 0.3) is 0 Å². The molecular weight excluding hydrogens is 276 g/mol. The van der Waals surface area contributed by atoms with Crippen molar-refractivity contribution >= 4 is 11.8 Å². The minimum atomic E-state index is -0.563. The molecule has 4 heteroatoms. The molecule has 122 valence electrons. The van der Waals surface area contributed by atoms with Crippen LogP contribution in [0.15, 0.2) is 24.3 Å². The van der Waals surface area contributed by atoms with E-state index >= 15 is 0 Å². The zero-order chi connectivity index (χ0) is 16.2. The summed E-state index contributed by atoms with van der Waals surface area (Å²) in [5.74, 6) is -1.10. The Morgan fingerprint density at radius 3 is 2.36 bits per heavy atom. The summed E-state index contributed by atoms with van der Waals surface area (Å²) in [5, 5.41) is 5.31. The van der Waals surface area contributed by atoms with E-state index < -0.39 is 11.8 Å². The highest BCUT2D eigenvalue weighted by atomic mass is 16.2. The molecule has 0 heterocycles. The van der Waals surface area contributed by atoms with Gasteiger partial charge in [-0.25, -0.2) is 0 Å². The number of unbranched alkanes of at least 4 members (excludes halogenated alkanes) is 5. The maximum atomic E-state index is 11.7. The molecule has 1 aromatic rings. The van der Waals surface area contributed by atoms with E-state index in [0.717, 1.165) is 24.0 Å². The van der Waals surface area contributed by atoms with Gasteiger partial charge in [0.1, 0.15) is 0 Å². The molecule has 0 spiro atoms. The van der Waals surface area contributed by atoms with Gasteiger partial charge in [-0.1, -0.05) is 68.9 Å². The second kappa shape index (κ2) is 10.8. The van der Waals surface area contributed by atoms with Gasteiger partial charge in [-0.05, 0) is 18.9 Å². The SMILES string of the molecule is CCCCCCCCNC(=O)C(=O)NCc1cccc(C)c1. The molecule has 0 aliphatic heterocycles. The van der Waals surface area contributed by atoms with Crippen molar-refractivity contribution in [2.24, 2.45) is 0 Å². The molecule has 0 atom stereocenters. The van der Waals surface area contributed by atoms with Crippen LogP contribution in [-0.2, 0) is 16.1 Å². The summed E-state index contributed by atoms with van der Waals surface area (Å²) < 4.78 is 0. The highest BCUT2D eigenvalue weighted by Gasteiger charge is 2.11. The molecule has 2 N–H and O–H groups in total. The Morgan fingerprint density at radius 1 is 0.955 bits per heavy atom. The van der Waals surface area contributed by atoms with Gasteiger partial charge in [0.15, 0.2) is 0 Å². The maximum Gasteiger partial charge on any atom is 0.309 e. The van der Waals surface area contributed by atoms with Gasteiger partial charge in [0.2, 0.25) is 0 Å². The number of amides is 2. The molecule has 1 aromatic carbocycles. The van der Waals surface area contributed by atoms with Crippen LogP contribution < -0.4 is 10.6 Å². The van der Waals surface area contributed by atoms with Gasteiger partial charge >= 0.3 is 11.8 Å². The first kappa shape index (κ1) is 18.2. The van der Waals surface area contributed by atoms with E-state index in [0.29, 0.717) is 13.1 Å². The first-order chi connectivity index (χ1) is 10.6. The van der Waals surface area contributed by atoms with Gasteiger partial charge in [0.05, 0.1) is 0 Å². The van der Waals surface area contributed by atoms with Crippen LogP contribution in [0.4, 0.5) is 0 Å². The summed E-state index contributed by atoms with van der Waals surface area (Å²) in [5.41, 5.74) is 2.14. The monoisotopic (exact) mass is 304 g/mol. The van der Waals surface area contributed by atoms with E-state index in [2.05, 4.69) is 17.6 Å². The number of benzene rings is 1. The van der Waals surface area contributed by atoms with Crippen molar-refractivity contribution in [2.75, 3.05) is 6.54 Å². The molecule has 0 unspecified atom stereocenters. The fourth-order valence-corrected chi connectivity index (χ4v) is 2.27. The van der Waals surface area contributed by atoms with E-state index in [1.54, 1.807) is 0 Å². The van der Waals surface area contributed by atoms with Crippen molar-refractivity contribution in [1.29, 1.82) is 0 Å². The van der Waals surface area contributed by atoms with Crippen LogP contribution in [-0.4, -0.2) is 18.4 Å². The average molecular weight is 304 g/mol. The smallest absolute Gasteiger partial charge is 0.309 e. The summed E-state index contributed by atoms with van der Waals surface area (Å²) in [6, 6.07) is 7.87. The van der Waals surface area contributed by atoms with Crippen LogP contribution in [0.3, 0.4) is 0 Å². The summed E-state index contributed by atoms with van der Waals surface area (Å²) in [4.78, 5) is 23.3. The Kier molecular flexibility index (Phi) is 8.96. The molecule has 0 saturated heterocycles. The molecular formula is C18H28N2O2. The van der Waals surface area contributed by atoms with Gasteiger partial charge in [-0.15, -0.1) is 0 Å². The van der Waals surface area contributed by atoms with Crippen LogP contribution in [0, 0.1) is 6.92 Å². The van der Waals surface area contributed by atoms with E-state index in [1.807, 2.05) is 31.2 Å². The molecule has 0 aliphatic carbocycles. The van der Waals surface area contributed by atoms with Crippen LogP contribution in [0.25, 0.3) is 0 Å². The third-order valence-corrected chi connectivity index (χ3v) is 3.56. The molecule has 2 amide bonds. The standard InChI is InChI=1S/C18H28N2O2/c1-3-4-5-6-7-8-12-19-17(21)18(22)20-14-16-11-9-10-15(2)13-16/h9-11,13H,3-8,12,14H2,1-2H3,(H,19,21)(H,20,22).